The lowest BCUT2D eigenvalue weighted by atomic mass is 10.2. The number of rotatable bonds is 8. The summed E-state index contributed by atoms with van der Waals surface area (Å²) in [6.45, 7) is 0.511. The average Bonchev–Trinajstić information content (AvgIpc) is 3.14. The fourth-order valence-electron chi connectivity index (χ4n) is 2.85. The standard InChI is InChI=1S/C21H19FN4O3S/c1-28-14-6-4-7-15(12-14)29-10-5-11-30-21-24-20(16-8-2-3-9-17(16)22)23-18-13-19(27)25-26(18)21/h2-4,6-9,12-13H,5,10-11H2,1H3,(H,25,27). The van der Waals surface area contributed by atoms with Gasteiger partial charge in [-0.1, -0.05) is 30.0 Å². The molecule has 2 aromatic carbocycles. The summed E-state index contributed by atoms with van der Waals surface area (Å²) >= 11 is 1.44. The number of thioether (sulfide) groups is 1. The molecular weight excluding hydrogens is 407 g/mol. The van der Waals surface area contributed by atoms with Crippen LogP contribution >= 0.6 is 11.8 Å². The van der Waals surface area contributed by atoms with Gasteiger partial charge in [-0.05, 0) is 30.7 Å². The Balaban J connectivity index is 1.46. The maximum absolute atomic E-state index is 14.2. The Kier molecular flexibility index (Phi) is 5.99. The normalized spacial score (nSPS) is 11.0. The van der Waals surface area contributed by atoms with Crippen LogP contribution < -0.4 is 15.0 Å². The van der Waals surface area contributed by atoms with Crippen LogP contribution in [0.2, 0.25) is 0 Å². The highest BCUT2D eigenvalue weighted by molar-refractivity contribution is 7.99. The van der Waals surface area contributed by atoms with Crippen LogP contribution in [0.3, 0.4) is 0 Å². The topological polar surface area (TPSA) is 81.5 Å². The van der Waals surface area contributed by atoms with E-state index in [0.29, 0.717) is 23.2 Å². The van der Waals surface area contributed by atoms with Crippen LogP contribution in [-0.2, 0) is 0 Å². The summed E-state index contributed by atoms with van der Waals surface area (Å²) < 4.78 is 26.6. The number of nitrogens with one attached hydrogen (secondary N) is 1. The quantitative estimate of drug-likeness (QED) is 0.341. The first kappa shape index (κ1) is 20.0. The Hall–Kier alpha value is -3.33. The van der Waals surface area contributed by atoms with Gasteiger partial charge in [-0.2, -0.15) is 0 Å². The molecule has 0 unspecified atom stereocenters. The minimum atomic E-state index is -0.414. The van der Waals surface area contributed by atoms with Crippen molar-refractivity contribution in [3.8, 4) is 22.9 Å². The predicted molar refractivity (Wildman–Crippen MR) is 113 cm³/mol. The molecule has 0 bridgehead atoms. The van der Waals surface area contributed by atoms with Gasteiger partial charge in [0.2, 0.25) is 0 Å². The smallest absolute Gasteiger partial charge is 0.266 e. The van der Waals surface area contributed by atoms with Gasteiger partial charge in [0.05, 0.1) is 19.3 Å². The Morgan fingerprint density at radius 2 is 1.93 bits per heavy atom. The molecule has 0 aliphatic carbocycles. The van der Waals surface area contributed by atoms with E-state index < -0.39 is 5.82 Å². The fraction of sp³-hybridized carbons (Fsp3) is 0.190. The molecule has 0 amide bonds. The Morgan fingerprint density at radius 3 is 2.77 bits per heavy atom. The van der Waals surface area contributed by atoms with E-state index in [1.54, 1.807) is 25.3 Å². The van der Waals surface area contributed by atoms with Crippen LogP contribution in [0, 0.1) is 5.82 Å². The van der Waals surface area contributed by atoms with Gasteiger partial charge in [0.1, 0.15) is 17.3 Å². The molecule has 2 heterocycles. The van der Waals surface area contributed by atoms with Crippen LogP contribution in [0.25, 0.3) is 17.0 Å². The molecule has 0 atom stereocenters. The highest BCUT2D eigenvalue weighted by Crippen LogP contribution is 2.24. The first-order valence-electron chi connectivity index (χ1n) is 9.28. The Labute approximate surface area is 175 Å². The largest absolute Gasteiger partial charge is 0.497 e. The SMILES string of the molecule is COc1cccc(OCCCSc2nc(-c3ccccc3F)nc3cc(=O)[nH]n23)c1. The van der Waals surface area contributed by atoms with Crippen LogP contribution in [0.1, 0.15) is 6.42 Å². The lowest BCUT2D eigenvalue weighted by Gasteiger charge is -2.09. The third-order valence-corrected chi connectivity index (χ3v) is 5.29. The van der Waals surface area contributed by atoms with E-state index in [4.69, 9.17) is 9.47 Å². The van der Waals surface area contributed by atoms with E-state index in [0.717, 1.165) is 17.9 Å². The fourth-order valence-corrected chi connectivity index (χ4v) is 3.71. The summed E-state index contributed by atoms with van der Waals surface area (Å²) in [7, 11) is 1.61. The molecular formula is C21H19FN4O3S. The molecule has 0 aliphatic heterocycles. The van der Waals surface area contributed by atoms with Crippen molar-refractivity contribution in [2.24, 2.45) is 0 Å². The van der Waals surface area contributed by atoms with E-state index in [1.807, 2.05) is 24.3 Å². The number of halogens is 1. The zero-order valence-electron chi connectivity index (χ0n) is 16.2. The molecule has 2 aromatic heterocycles. The van der Waals surface area contributed by atoms with Crippen molar-refractivity contribution < 1.29 is 13.9 Å². The lowest BCUT2D eigenvalue weighted by molar-refractivity contribution is 0.316. The highest BCUT2D eigenvalue weighted by atomic mass is 32.2. The molecule has 0 saturated heterocycles. The summed E-state index contributed by atoms with van der Waals surface area (Å²) in [5.41, 5.74) is 0.387. The molecule has 154 valence electrons. The van der Waals surface area contributed by atoms with Crippen molar-refractivity contribution in [3.63, 3.8) is 0 Å². The van der Waals surface area contributed by atoms with Gasteiger partial charge in [-0.3, -0.25) is 9.89 Å². The zero-order chi connectivity index (χ0) is 20.9. The molecule has 7 nitrogen and oxygen atoms in total. The average molecular weight is 426 g/mol. The third-order valence-electron chi connectivity index (χ3n) is 4.27. The van der Waals surface area contributed by atoms with E-state index in [1.165, 1.54) is 28.4 Å². The maximum Gasteiger partial charge on any atom is 0.266 e. The van der Waals surface area contributed by atoms with Crippen molar-refractivity contribution >= 4 is 17.4 Å². The number of aromatic nitrogens is 4. The third kappa shape index (κ3) is 4.46. The molecule has 4 rings (SSSR count). The first-order valence-corrected chi connectivity index (χ1v) is 10.3. The second kappa shape index (κ2) is 9.00. The van der Waals surface area contributed by atoms with E-state index in [2.05, 4.69) is 15.1 Å². The Morgan fingerprint density at radius 1 is 1.10 bits per heavy atom. The van der Waals surface area contributed by atoms with E-state index in [9.17, 15) is 9.18 Å². The molecule has 0 spiro atoms. The molecule has 0 saturated carbocycles. The van der Waals surface area contributed by atoms with Crippen molar-refractivity contribution in [2.45, 2.75) is 11.6 Å². The second-order valence-electron chi connectivity index (χ2n) is 6.35. The van der Waals surface area contributed by atoms with Crippen molar-refractivity contribution in [1.82, 2.24) is 19.6 Å². The second-order valence-corrected chi connectivity index (χ2v) is 7.42. The van der Waals surface area contributed by atoms with Gasteiger partial charge in [-0.25, -0.2) is 18.9 Å². The Bertz CT molecular complexity index is 1220. The minimum absolute atomic E-state index is 0.238. The van der Waals surface area contributed by atoms with Gasteiger partial charge < -0.3 is 9.47 Å². The summed E-state index contributed by atoms with van der Waals surface area (Å²) in [5.74, 6) is 1.99. The van der Waals surface area contributed by atoms with Gasteiger partial charge in [0.15, 0.2) is 16.6 Å². The number of nitrogens with zero attached hydrogens (tertiary/aromatic N) is 3. The van der Waals surface area contributed by atoms with Gasteiger partial charge >= 0.3 is 0 Å². The summed E-state index contributed by atoms with van der Waals surface area (Å²) in [5, 5.41) is 3.21. The number of benzene rings is 2. The van der Waals surface area contributed by atoms with Crippen molar-refractivity contribution in [3.05, 3.63) is 70.8 Å². The summed E-state index contributed by atoms with van der Waals surface area (Å²) in [6.07, 6.45) is 0.744. The number of methoxy groups -OCH3 is 1. The van der Waals surface area contributed by atoms with E-state index >= 15 is 0 Å². The monoisotopic (exact) mass is 426 g/mol. The van der Waals surface area contributed by atoms with Crippen molar-refractivity contribution in [1.29, 1.82) is 0 Å². The zero-order valence-corrected chi connectivity index (χ0v) is 17.0. The molecule has 30 heavy (non-hydrogen) atoms. The molecule has 0 fully saturated rings. The number of hydrogen-bond donors (Lipinski definition) is 1. The number of hydrogen-bond acceptors (Lipinski definition) is 6. The number of ether oxygens (including phenoxy) is 2. The molecule has 1 N–H and O–H groups in total. The number of aromatic amines is 1. The summed E-state index contributed by atoms with van der Waals surface area (Å²) in [6, 6.07) is 15.1. The van der Waals surface area contributed by atoms with Gasteiger partial charge in [0, 0.05) is 17.9 Å². The minimum Gasteiger partial charge on any atom is -0.497 e. The first-order chi connectivity index (χ1) is 14.6. The van der Waals surface area contributed by atoms with Crippen LogP contribution in [0.5, 0.6) is 11.5 Å². The van der Waals surface area contributed by atoms with Crippen molar-refractivity contribution in [2.75, 3.05) is 19.5 Å². The molecule has 0 radical (unpaired) electrons. The van der Waals surface area contributed by atoms with Crippen LogP contribution in [0.15, 0.2) is 64.5 Å². The maximum atomic E-state index is 14.2. The predicted octanol–water partition coefficient (Wildman–Crippen LogP) is 3.79. The van der Waals surface area contributed by atoms with Crippen LogP contribution in [0.4, 0.5) is 4.39 Å². The van der Waals surface area contributed by atoms with E-state index in [-0.39, 0.29) is 16.9 Å². The number of fused-ring (bicyclic) bond motifs is 1. The van der Waals surface area contributed by atoms with Gasteiger partial charge in [-0.15, -0.1) is 0 Å². The summed E-state index contributed by atoms with van der Waals surface area (Å²) in [4.78, 5) is 20.6. The molecule has 4 aromatic rings. The number of H-pyrrole nitrogens is 1. The molecule has 0 aliphatic rings. The highest BCUT2D eigenvalue weighted by Gasteiger charge is 2.14. The molecule has 9 heteroatoms. The van der Waals surface area contributed by atoms with Gasteiger partial charge in [0.25, 0.3) is 5.56 Å². The lowest BCUT2D eigenvalue weighted by Crippen LogP contribution is -2.06. The van der Waals surface area contributed by atoms with Crippen LogP contribution in [-0.4, -0.2) is 39.1 Å².